The molecule has 7 heteroatoms. The van der Waals surface area contributed by atoms with Crippen molar-refractivity contribution < 1.29 is 13.0 Å². The average molecular weight is 213 g/mol. The van der Waals surface area contributed by atoms with E-state index in [2.05, 4.69) is 5.32 Å². The molecule has 7 N–H and O–H groups in total. The summed E-state index contributed by atoms with van der Waals surface area (Å²) >= 11 is 0. The van der Waals surface area contributed by atoms with E-state index in [1.807, 2.05) is 0 Å². The zero-order chi connectivity index (χ0) is 9.45. The van der Waals surface area contributed by atoms with E-state index < -0.39 is 10.1 Å². The second-order valence-electron chi connectivity index (χ2n) is 2.53. The molecule has 0 bridgehead atoms. The first-order valence-electron chi connectivity index (χ1n) is 3.92. The summed E-state index contributed by atoms with van der Waals surface area (Å²) in [6.07, 6.45) is 1.31. The van der Waals surface area contributed by atoms with E-state index in [9.17, 15) is 8.42 Å². The quantitative estimate of drug-likeness (QED) is 0.329. The fraction of sp³-hybridized carbons (Fsp3) is 1.00. The van der Waals surface area contributed by atoms with Crippen molar-refractivity contribution in [3.8, 4) is 0 Å². The van der Waals surface area contributed by atoms with E-state index in [-0.39, 0.29) is 11.9 Å². The van der Waals surface area contributed by atoms with E-state index in [0.29, 0.717) is 19.5 Å². The fourth-order valence-electron chi connectivity index (χ4n) is 0.732. The molecular formula is C6H19N3O3S. The molecule has 0 saturated heterocycles. The molecule has 0 fully saturated rings. The van der Waals surface area contributed by atoms with Crippen LogP contribution in [0.2, 0.25) is 0 Å². The second-order valence-corrected chi connectivity index (χ2v) is 4.10. The van der Waals surface area contributed by atoms with Crippen LogP contribution in [0.3, 0.4) is 0 Å². The molecule has 0 rings (SSSR count). The number of nitrogens with one attached hydrogen (secondary N) is 1. The Bertz CT molecular complexity index is 193. The van der Waals surface area contributed by atoms with E-state index in [1.165, 1.54) is 0 Å². The lowest BCUT2D eigenvalue weighted by atomic mass is 10.4. The first-order chi connectivity index (χ1) is 5.56. The molecule has 0 unspecified atom stereocenters. The maximum Gasteiger partial charge on any atom is 0.264 e. The lowest BCUT2D eigenvalue weighted by Crippen LogP contribution is -2.21. The van der Waals surface area contributed by atoms with Gasteiger partial charge in [-0.1, -0.05) is 0 Å². The molecule has 0 radical (unpaired) electrons. The van der Waals surface area contributed by atoms with Gasteiger partial charge in [0.2, 0.25) is 0 Å². The first kappa shape index (κ1) is 15.3. The molecule has 0 aliphatic rings. The summed E-state index contributed by atoms with van der Waals surface area (Å²) in [6, 6.07) is 0. The minimum Gasteiger partial charge on any atom is -0.344 e. The van der Waals surface area contributed by atoms with Crippen LogP contribution in [0.1, 0.15) is 12.8 Å². The van der Waals surface area contributed by atoms with Crippen LogP contribution in [0, 0.1) is 0 Å². The van der Waals surface area contributed by atoms with Crippen LogP contribution in [0.15, 0.2) is 0 Å². The molecule has 0 saturated carbocycles. The maximum absolute atomic E-state index is 10.2. The number of hydrogen-bond acceptors (Lipinski definition) is 5. The summed E-state index contributed by atoms with van der Waals surface area (Å²) in [6.45, 7) is 2.02. The normalized spacial score (nSPS) is 10.9. The van der Waals surface area contributed by atoms with Gasteiger partial charge >= 0.3 is 0 Å². The highest BCUT2D eigenvalue weighted by atomic mass is 32.2. The zero-order valence-electron chi connectivity index (χ0n) is 7.70. The second kappa shape index (κ2) is 8.39. The molecule has 82 valence electrons. The topological polar surface area (TPSA) is 127 Å². The lowest BCUT2D eigenvalue weighted by Gasteiger charge is -2.01. The molecule has 6 nitrogen and oxygen atoms in total. The Labute approximate surface area is 79.2 Å². The Morgan fingerprint density at radius 2 is 1.77 bits per heavy atom. The van der Waals surface area contributed by atoms with Crippen LogP contribution in [-0.4, -0.2) is 38.4 Å². The third-order valence-electron chi connectivity index (χ3n) is 1.31. The van der Waals surface area contributed by atoms with Gasteiger partial charge in [-0.25, -0.2) is 0 Å². The Hall–Kier alpha value is -0.210. The third kappa shape index (κ3) is 14.6. The van der Waals surface area contributed by atoms with Crippen LogP contribution in [-0.2, 0) is 10.1 Å². The summed E-state index contributed by atoms with van der Waals surface area (Å²) in [7, 11) is -3.78. The number of hydrogen-bond donors (Lipinski definition) is 4. The smallest absolute Gasteiger partial charge is 0.264 e. The number of rotatable bonds is 7. The monoisotopic (exact) mass is 213 g/mol. The summed E-state index contributed by atoms with van der Waals surface area (Å²) in [5, 5.41) is 3.00. The van der Waals surface area contributed by atoms with Crippen molar-refractivity contribution in [2.45, 2.75) is 12.8 Å². The van der Waals surface area contributed by atoms with Gasteiger partial charge in [-0.15, -0.1) is 0 Å². The van der Waals surface area contributed by atoms with Gasteiger partial charge in [-0.05, 0) is 32.5 Å². The predicted molar refractivity (Wildman–Crippen MR) is 52.6 cm³/mol. The van der Waals surface area contributed by atoms with Gasteiger partial charge in [0.1, 0.15) is 0 Å². The van der Waals surface area contributed by atoms with Crippen LogP contribution in [0.25, 0.3) is 0 Å². The first-order valence-corrected chi connectivity index (χ1v) is 5.53. The largest absolute Gasteiger partial charge is 0.344 e. The molecule has 0 aliphatic heterocycles. The molecule has 0 heterocycles. The molecule has 0 atom stereocenters. The Balaban J connectivity index is 0. The van der Waals surface area contributed by atoms with Gasteiger partial charge in [0.05, 0.1) is 5.75 Å². The van der Waals surface area contributed by atoms with Gasteiger partial charge in [-0.3, -0.25) is 4.55 Å². The minimum atomic E-state index is -3.78. The Kier molecular flexibility index (Phi) is 9.86. The summed E-state index contributed by atoms with van der Waals surface area (Å²) in [5.74, 6) is -0.178. The minimum absolute atomic E-state index is 0. The van der Waals surface area contributed by atoms with E-state index in [1.54, 1.807) is 0 Å². The number of nitrogens with two attached hydrogens (primary N) is 1. The summed E-state index contributed by atoms with van der Waals surface area (Å²) in [5.41, 5.74) is 5.24. The molecule has 0 aromatic carbocycles. The zero-order valence-corrected chi connectivity index (χ0v) is 8.52. The van der Waals surface area contributed by atoms with E-state index in [0.717, 1.165) is 13.0 Å². The third-order valence-corrected chi connectivity index (χ3v) is 2.12. The summed E-state index contributed by atoms with van der Waals surface area (Å²) in [4.78, 5) is 0. The molecule has 0 aromatic rings. The van der Waals surface area contributed by atoms with Crippen molar-refractivity contribution in [2.24, 2.45) is 5.73 Å². The fourth-order valence-corrected chi connectivity index (χ4v) is 1.24. The van der Waals surface area contributed by atoms with Crippen molar-refractivity contribution in [1.82, 2.24) is 11.5 Å². The molecule has 0 amide bonds. The Morgan fingerprint density at radius 3 is 2.23 bits per heavy atom. The van der Waals surface area contributed by atoms with Crippen molar-refractivity contribution in [1.29, 1.82) is 0 Å². The van der Waals surface area contributed by atoms with Crippen LogP contribution < -0.4 is 17.2 Å². The van der Waals surface area contributed by atoms with Gasteiger partial charge < -0.3 is 17.2 Å². The Morgan fingerprint density at radius 1 is 1.23 bits per heavy atom. The summed E-state index contributed by atoms with van der Waals surface area (Å²) < 4.78 is 28.8. The molecular weight excluding hydrogens is 194 g/mol. The van der Waals surface area contributed by atoms with Crippen molar-refractivity contribution in [3.63, 3.8) is 0 Å². The van der Waals surface area contributed by atoms with Crippen LogP contribution >= 0.6 is 0 Å². The SMILES string of the molecule is N.NCCCNCCCS(=O)(=O)O. The van der Waals surface area contributed by atoms with Crippen molar-refractivity contribution in [2.75, 3.05) is 25.4 Å². The van der Waals surface area contributed by atoms with Crippen molar-refractivity contribution >= 4 is 10.1 Å². The highest BCUT2D eigenvalue weighted by Gasteiger charge is 2.01. The van der Waals surface area contributed by atoms with Gasteiger partial charge in [0.25, 0.3) is 10.1 Å². The van der Waals surface area contributed by atoms with Crippen LogP contribution in [0.4, 0.5) is 0 Å². The highest BCUT2D eigenvalue weighted by molar-refractivity contribution is 7.85. The van der Waals surface area contributed by atoms with Gasteiger partial charge in [0, 0.05) is 0 Å². The van der Waals surface area contributed by atoms with Gasteiger partial charge in [-0.2, -0.15) is 8.42 Å². The van der Waals surface area contributed by atoms with E-state index in [4.69, 9.17) is 10.3 Å². The van der Waals surface area contributed by atoms with E-state index >= 15 is 0 Å². The lowest BCUT2D eigenvalue weighted by molar-refractivity contribution is 0.479. The standard InChI is InChI=1S/C6H16N2O3S.H3N/c7-3-1-4-8-5-2-6-12(9,10)11;/h8H,1-7H2,(H,9,10,11);1H3. The molecule has 0 spiro atoms. The highest BCUT2D eigenvalue weighted by Crippen LogP contribution is 1.86. The molecule has 0 aliphatic carbocycles. The average Bonchev–Trinajstić information content (AvgIpc) is 1.94. The van der Waals surface area contributed by atoms with Gasteiger partial charge in [0.15, 0.2) is 0 Å². The maximum atomic E-state index is 10.2. The predicted octanol–water partition coefficient (Wildman–Crippen LogP) is -0.635. The molecule has 0 aromatic heterocycles. The molecule has 13 heavy (non-hydrogen) atoms. The van der Waals surface area contributed by atoms with Crippen LogP contribution in [0.5, 0.6) is 0 Å². The van der Waals surface area contributed by atoms with Crippen molar-refractivity contribution in [3.05, 3.63) is 0 Å².